The molecule has 1 aromatic carbocycles. The molecule has 82 valence electrons. The summed E-state index contributed by atoms with van der Waals surface area (Å²) in [6.07, 6.45) is 0. The van der Waals surface area contributed by atoms with Crippen molar-refractivity contribution in [2.24, 2.45) is 0 Å². The Morgan fingerprint density at radius 3 is 2.88 bits per heavy atom. The number of rotatable bonds is 4. The third-order valence-electron chi connectivity index (χ3n) is 2.18. The summed E-state index contributed by atoms with van der Waals surface area (Å²) in [5, 5.41) is 20.5. The van der Waals surface area contributed by atoms with Crippen molar-refractivity contribution in [2.45, 2.75) is 6.92 Å². The van der Waals surface area contributed by atoms with Gasteiger partial charge in [-0.2, -0.15) is 5.26 Å². The predicted molar refractivity (Wildman–Crippen MR) is 61.2 cm³/mol. The van der Waals surface area contributed by atoms with Gasteiger partial charge in [-0.1, -0.05) is 18.7 Å². The lowest BCUT2D eigenvalue weighted by atomic mass is 10.1. The van der Waals surface area contributed by atoms with Gasteiger partial charge in [-0.15, -0.1) is 0 Å². The summed E-state index contributed by atoms with van der Waals surface area (Å²) < 4.78 is 0. The molecule has 16 heavy (non-hydrogen) atoms. The zero-order valence-corrected chi connectivity index (χ0v) is 8.95. The van der Waals surface area contributed by atoms with E-state index in [9.17, 15) is 4.79 Å². The molecule has 0 radical (unpaired) electrons. The summed E-state index contributed by atoms with van der Waals surface area (Å²) in [6.45, 7) is 5.35. The first-order valence-corrected chi connectivity index (χ1v) is 4.71. The van der Waals surface area contributed by atoms with E-state index in [1.807, 2.05) is 19.1 Å². The number of nitrogens with zero attached hydrogens (tertiary/aromatic N) is 1. The fraction of sp³-hybridized carbons (Fsp3) is 0.167. The number of aliphatic carboxylic acids is 1. The Bertz CT molecular complexity index is 472. The van der Waals surface area contributed by atoms with Crippen molar-refractivity contribution < 1.29 is 9.90 Å². The van der Waals surface area contributed by atoms with E-state index in [1.54, 1.807) is 6.07 Å². The van der Waals surface area contributed by atoms with Gasteiger partial charge in [0.25, 0.3) is 0 Å². The summed E-state index contributed by atoms with van der Waals surface area (Å²) in [7, 11) is 0. The standard InChI is InChI=1S/C12H12N2O2/c1-8-4-3-5-11(10(8)6-13)14-7-9(2)12(15)16/h3-5,14H,2,7H2,1H3,(H,15,16). The highest BCUT2D eigenvalue weighted by molar-refractivity contribution is 5.87. The molecule has 0 spiro atoms. The van der Waals surface area contributed by atoms with E-state index in [0.717, 1.165) is 5.56 Å². The second-order valence-electron chi connectivity index (χ2n) is 3.37. The molecule has 0 bridgehead atoms. The molecular weight excluding hydrogens is 204 g/mol. The summed E-state index contributed by atoms with van der Waals surface area (Å²) in [5.74, 6) is -1.04. The van der Waals surface area contributed by atoms with Crippen molar-refractivity contribution >= 4 is 11.7 Å². The van der Waals surface area contributed by atoms with Gasteiger partial charge in [0.1, 0.15) is 6.07 Å². The summed E-state index contributed by atoms with van der Waals surface area (Å²) in [5.41, 5.74) is 2.07. The predicted octanol–water partition coefficient (Wildman–Crippen LogP) is 1.92. The summed E-state index contributed by atoms with van der Waals surface area (Å²) in [4.78, 5) is 10.5. The van der Waals surface area contributed by atoms with Gasteiger partial charge in [0.05, 0.1) is 11.3 Å². The molecule has 0 aliphatic carbocycles. The minimum atomic E-state index is -1.04. The van der Waals surface area contributed by atoms with Crippen LogP contribution < -0.4 is 5.32 Å². The minimum Gasteiger partial charge on any atom is -0.478 e. The number of hydrogen-bond acceptors (Lipinski definition) is 3. The van der Waals surface area contributed by atoms with Crippen LogP contribution in [-0.4, -0.2) is 17.6 Å². The molecule has 4 nitrogen and oxygen atoms in total. The van der Waals surface area contributed by atoms with Crippen LogP contribution in [0.1, 0.15) is 11.1 Å². The highest BCUT2D eigenvalue weighted by atomic mass is 16.4. The Hall–Kier alpha value is -2.28. The first-order chi connectivity index (χ1) is 7.56. The Morgan fingerprint density at radius 1 is 1.62 bits per heavy atom. The topological polar surface area (TPSA) is 73.1 Å². The molecule has 4 heteroatoms. The number of nitriles is 1. The van der Waals surface area contributed by atoms with E-state index >= 15 is 0 Å². The molecule has 0 saturated carbocycles. The van der Waals surface area contributed by atoms with Gasteiger partial charge in [-0.3, -0.25) is 0 Å². The van der Waals surface area contributed by atoms with Crippen LogP contribution in [0.3, 0.4) is 0 Å². The maximum absolute atomic E-state index is 10.5. The van der Waals surface area contributed by atoms with Crippen molar-refractivity contribution in [3.8, 4) is 6.07 Å². The van der Waals surface area contributed by atoms with Crippen molar-refractivity contribution in [3.05, 3.63) is 41.5 Å². The average molecular weight is 216 g/mol. The Morgan fingerprint density at radius 2 is 2.31 bits per heavy atom. The molecule has 0 atom stereocenters. The number of aryl methyl sites for hydroxylation is 1. The van der Waals surface area contributed by atoms with E-state index in [1.165, 1.54) is 0 Å². The molecule has 1 aromatic rings. The number of carbonyl (C=O) groups is 1. The molecule has 0 heterocycles. The molecule has 0 aromatic heterocycles. The van der Waals surface area contributed by atoms with Gasteiger partial charge >= 0.3 is 5.97 Å². The molecule has 0 aliphatic rings. The van der Waals surface area contributed by atoms with E-state index in [0.29, 0.717) is 11.3 Å². The van der Waals surface area contributed by atoms with Crippen LogP contribution in [0, 0.1) is 18.3 Å². The van der Waals surface area contributed by atoms with Crippen molar-refractivity contribution in [1.82, 2.24) is 0 Å². The lowest BCUT2D eigenvalue weighted by Crippen LogP contribution is -2.12. The monoisotopic (exact) mass is 216 g/mol. The van der Waals surface area contributed by atoms with Crippen LogP contribution in [0.25, 0.3) is 0 Å². The van der Waals surface area contributed by atoms with Gasteiger partial charge in [-0.25, -0.2) is 4.79 Å². The Balaban J connectivity index is 2.83. The molecule has 0 unspecified atom stereocenters. The van der Waals surface area contributed by atoms with Gasteiger partial charge in [0.2, 0.25) is 0 Å². The first kappa shape index (κ1) is 11.8. The van der Waals surface area contributed by atoms with Crippen molar-refractivity contribution in [2.75, 3.05) is 11.9 Å². The lowest BCUT2D eigenvalue weighted by Gasteiger charge is -2.09. The molecule has 1 rings (SSSR count). The van der Waals surface area contributed by atoms with Gasteiger partial charge in [-0.05, 0) is 18.6 Å². The Kier molecular flexibility index (Phi) is 3.67. The van der Waals surface area contributed by atoms with E-state index < -0.39 is 5.97 Å². The zero-order chi connectivity index (χ0) is 12.1. The fourth-order valence-electron chi connectivity index (χ4n) is 1.24. The number of anilines is 1. The number of carboxylic acids is 1. The van der Waals surface area contributed by atoms with Gasteiger partial charge < -0.3 is 10.4 Å². The maximum atomic E-state index is 10.5. The summed E-state index contributed by atoms with van der Waals surface area (Å²) in [6, 6.07) is 7.45. The van der Waals surface area contributed by atoms with Crippen LogP contribution >= 0.6 is 0 Å². The zero-order valence-electron chi connectivity index (χ0n) is 8.95. The highest BCUT2D eigenvalue weighted by Crippen LogP contribution is 2.18. The SMILES string of the molecule is C=C(CNc1cccc(C)c1C#N)C(=O)O. The van der Waals surface area contributed by atoms with Crippen molar-refractivity contribution in [3.63, 3.8) is 0 Å². The number of hydrogen-bond donors (Lipinski definition) is 2. The number of carboxylic acid groups (broad SMARTS) is 1. The maximum Gasteiger partial charge on any atom is 0.332 e. The van der Waals surface area contributed by atoms with Crippen LogP contribution in [0.15, 0.2) is 30.4 Å². The third kappa shape index (κ3) is 2.61. The quantitative estimate of drug-likeness (QED) is 0.754. The lowest BCUT2D eigenvalue weighted by molar-refractivity contribution is -0.132. The normalized spacial score (nSPS) is 9.25. The highest BCUT2D eigenvalue weighted by Gasteiger charge is 2.07. The van der Waals surface area contributed by atoms with Crippen LogP contribution in [-0.2, 0) is 4.79 Å². The minimum absolute atomic E-state index is 0.0606. The molecule has 2 N–H and O–H groups in total. The molecular formula is C12H12N2O2. The number of benzene rings is 1. The summed E-state index contributed by atoms with van der Waals surface area (Å²) >= 11 is 0. The van der Waals surface area contributed by atoms with Gasteiger partial charge in [0, 0.05) is 12.1 Å². The second-order valence-corrected chi connectivity index (χ2v) is 3.37. The van der Waals surface area contributed by atoms with E-state index in [4.69, 9.17) is 10.4 Å². The van der Waals surface area contributed by atoms with Gasteiger partial charge in [0.15, 0.2) is 0 Å². The molecule has 0 amide bonds. The number of nitrogens with one attached hydrogen (secondary N) is 1. The van der Waals surface area contributed by atoms with Crippen LogP contribution in [0.2, 0.25) is 0 Å². The van der Waals surface area contributed by atoms with Crippen molar-refractivity contribution in [1.29, 1.82) is 5.26 Å². The van der Waals surface area contributed by atoms with E-state index in [2.05, 4.69) is 18.0 Å². The fourth-order valence-corrected chi connectivity index (χ4v) is 1.24. The molecule has 0 saturated heterocycles. The smallest absolute Gasteiger partial charge is 0.332 e. The van der Waals surface area contributed by atoms with Crippen LogP contribution in [0.4, 0.5) is 5.69 Å². The Labute approximate surface area is 93.8 Å². The second kappa shape index (κ2) is 4.99. The molecule has 0 fully saturated rings. The first-order valence-electron chi connectivity index (χ1n) is 4.71. The third-order valence-corrected chi connectivity index (χ3v) is 2.18. The largest absolute Gasteiger partial charge is 0.478 e. The van der Waals surface area contributed by atoms with Crippen LogP contribution in [0.5, 0.6) is 0 Å². The molecule has 0 aliphatic heterocycles. The van der Waals surface area contributed by atoms with E-state index in [-0.39, 0.29) is 12.1 Å². The average Bonchev–Trinajstić information content (AvgIpc) is 2.25.